The van der Waals surface area contributed by atoms with Gasteiger partial charge in [-0.25, -0.2) is 15.0 Å². The maximum Gasteiger partial charge on any atom is 0.181 e. The first-order chi connectivity index (χ1) is 18.8. The molecule has 4 aromatic rings. The van der Waals surface area contributed by atoms with Gasteiger partial charge in [0.05, 0.1) is 19.9 Å². The van der Waals surface area contributed by atoms with Gasteiger partial charge in [0.25, 0.3) is 0 Å². The summed E-state index contributed by atoms with van der Waals surface area (Å²) in [5.41, 5.74) is 5.14. The van der Waals surface area contributed by atoms with Gasteiger partial charge in [0.15, 0.2) is 5.65 Å². The number of pyridine rings is 1. The number of benzene rings is 1. The lowest BCUT2D eigenvalue weighted by molar-refractivity contribution is 0.0381. The molecule has 0 amide bonds. The molecule has 8 nitrogen and oxygen atoms in total. The lowest BCUT2D eigenvalue weighted by Crippen LogP contribution is -2.42. The van der Waals surface area contributed by atoms with Crippen LogP contribution in [-0.2, 0) is 23.2 Å². The topological polar surface area (TPSA) is 78.2 Å². The number of ether oxygens (including phenoxy) is 2. The van der Waals surface area contributed by atoms with E-state index in [1.807, 2.05) is 31.5 Å². The van der Waals surface area contributed by atoms with Crippen LogP contribution in [-0.4, -0.2) is 62.8 Å². The summed E-state index contributed by atoms with van der Waals surface area (Å²) < 4.78 is 13.7. The van der Waals surface area contributed by atoms with E-state index in [-0.39, 0.29) is 11.0 Å². The average molecular weight is 529 g/mol. The summed E-state index contributed by atoms with van der Waals surface area (Å²) in [4.78, 5) is 20.9. The lowest BCUT2D eigenvalue weighted by atomic mass is 9.82. The molecule has 206 valence electrons. The van der Waals surface area contributed by atoms with Crippen molar-refractivity contribution in [3.05, 3.63) is 77.8 Å². The van der Waals surface area contributed by atoms with E-state index < -0.39 is 0 Å². The van der Waals surface area contributed by atoms with E-state index in [1.165, 1.54) is 11.1 Å². The second-order valence-corrected chi connectivity index (χ2v) is 11.2. The molecule has 0 spiro atoms. The fraction of sp³-hybridized carbons (Fsp3) is 0.484. The number of likely N-dealkylation sites (tertiary alicyclic amines) is 1. The van der Waals surface area contributed by atoms with Crippen LogP contribution in [0.4, 0.5) is 0 Å². The van der Waals surface area contributed by atoms with E-state index in [0.717, 1.165) is 74.0 Å². The van der Waals surface area contributed by atoms with Gasteiger partial charge < -0.3 is 14.0 Å². The van der Waals surface area contributed by atoms with Crippen molar-refractivity contribution >= 4 is 11.2 Å². The predicted octanol–water partition coefficient (Wildman–Crippen LogP) is 5.18. The van der Waals surface area contributed by atoms with Crippen molar-refractivity contribution in [2.45, 2.75) is 59.0 Å². The van der Waals surface area contributed by atoms with Gasteiger partial charge >= 0.3 is 0 Å². The first-order valence-electron chi connectivity index (χ1n) is 13.9. The molecule has 0 bridgehead atoms. The van der Waals surface area contributed by atoms with Crippen molar-refractivity contribution in [2.75, 3.05) is 33.4 Å². The molecule has 0 N–H and O–H groups in total. The molecule has 39 heavy (non-hydrogen) atoms. The summed E-state index contributed by atoms with van der Waals surface area (Å²) >= 11 is 0. The molecule has 0 radical (unpaired) electrons. The number of nitrogens with zero attached hydrogens (tertiary/aromatic N) is 6. The maximum absolute atomic E-state index is 6.10. The minimum Gasteiger partial charge on any atom is -0.497 e. The van der Waals surface area contributed by atoms with Gasteiger partial charge in [-0.3, -0.25) is 9.88 Å². The Bertz CT molecular complexity index is 1380. The zero-order valence-corrected chi connectivity index (χ0v) is 23.9. The highest BCUT2D eigenvalue weighted by Gasteiger charge is 2.43. The van der Waals surface area contributed by atoms with E-state index in [1.54, 1.807) is 13.4 Å². The number of hydrogen-bond donors (Lipinski definition) is 0. The van der Waals surface area contributed by atoms with E-state index in [2.05, 4.69) is 69.5 Å². The van der Waals surface area contributed by atoms with Crippen molar-refractivity contribution in [2.24, 2.45) is 5.41 Å². The monoisotopic (exact) mass is 528 g/mol. The molecule has 0 unspecified atom stereocenters. The molecule has 4 heterocycles. The highest BCUT2D eigenvalue weighted by atomic mass is 16.5. The molecule has 5 rings (SSSR count). The van der Waals surface area contributed by atoms with Crippen molar-refractivity contribution in [3.8, 4) is 5.75 Å². The van der Waals surface area contributed by atoms with E-state index in [9.17, 15) is 0 Å². The van der Waals surface area contributed by atoms with Gasteiger partial charge in [-0.2, -0.15) is 0 Å². The average Bonchev–Trinajstić information content (AvgIpc) is 3.54. The number of aromatic nitrogens is 5. The van der Waals surface area contributed by atoms with Gasteiger partial charge in [0, 0.05) is 49.0 Å². The molecule has 0 aliphatic carbocycles. The highest BCUT2D eigenvalue weighted by molar-refractivity contribution is 5.70. The lowest BCUT2D eigenvalue weighted by Gasteiger charge is -2.38. The summed E-state index contributed by atoms with van der Waals surface area (Å²) in [6.45, 7) is 12.9. The molecule has 0 saturated carbocycles. The largest absolute Gasteiger partial charge is 0.497 e. The Morgan fingerprint density at radius 3 is 2.59 bits per heavy atom. The number of aryl methyl sites for hydroxylation is 2. The van der Waals surface area contributed by atoms with E-state index in [0.29, 0.717) is 6.54 Å². The van der Waals surface area contributed by atoms with Gasteiger partial charge in [0.2, 0.25) is 0 Å². The van der Waals surface area contributed by atoms with Crippen LogP contribution in [0.1, 0.15) is 56.3 Å². The Morgan fingerprint density at radius 1 is 1.05 bits per heavy atom. The van der Waals surface area contributed by atoms with Crippen LogP contribution in [0, 0.1) is 12.3 Å². The molecule has 3 aromatic heterocycles. The fourth-order valence-corrected chi connectivity index (χ4v) is 5.71. The van der Waals surface area contributed by atoms with Crippen molar-refractivity contribution in [1.82, 2.24) is 29.4 Å². The Balaban J connectivity index is 1.38. The Kier molecular flexibility index (Phi) is 7.96. The molecule has 1 aromatic carbocycles. The number of rotatable bonds is 11. The van der Waals surface area contributed by atoms with Crippen LogP contribution in [0.15, 0.2) is 55.1 Å². The summed E-state index contributed by atoms with van der Waals surface area (Å²) in [6.07, 6.45) is 8.40. The van der Waals surface area contributed by atoms with Gasteiger partial charge in [-0.15, -0.1) is 0 Å². The fourth-order valence-electron chi connectivity index (χ4n) is 5.71. The minimum absolute atomic E-state index is 0.0557. The summed E-state index contributed by atoms with van der Waals surface area (Å²) in [6, 6.07) is 12.5. The molecular formula is C31H40N6O2. The molecule has 1 saturated heterocycles. The maximum atomic E-state index is 6.10. The number of hydrogen-bond acceptors (Lipinski definition) is 7. The van der Waals surface area contributed by atoms with Crippen LogP contribution in [0.2, 0.25) is 0 Å². The van der Waals surface area contributed by atoms with Crippen LogP contribution in [0.25, 0.3) is 11.2 Å². The third kappa shape index (κ3) is 5.82. The zero-order valence-electron chi connectivity index (χ0n) is 23.9. The van der Waals surface area contributed by atoms with Gasteiger partial charge in [0.1, 0.15) is 23.4 Å². The molecular weight excluding hydrogens is 488 g/mol. The molecule has 1 aliphatic rings. The van der Waals surface area contributed by atoms with Gasteiger partial charge in [-0.05, 0) is 76.4 Å². The number of fused-ring (bicyclic) bond motifs is 1. The third-order valence-corrected chi connectivity index (χ3v) is 8.35. The highest BCUT2D eigenvalue weighted by Crippen LogP contribution is 2.41. The number of methoxy groups -OCH3 is 1. The van der Waals surface area contributed by atoms with Gasteiger partial charge in [-0.1, -0.05) is 18.2 Å². The minimum atomic E-state index is -0.105. The van der Waals surface area contributed by atoms with Crippen LogP contribution < -0.4 is 4.74 Å². The Labute approximate surface area is 231 Å². The first kappa shape index (κ1) is 27.2. The summed E-state index contributed by atoms with van der Waals surface area (Å²) in [5.74, 6) is 1.89. The number of imidazole rings is 1. The Morgan fingerprint density at radius 2 is 1.87 bits per heavy atom. The van der Waals surface area contributed by atoms with Crippen molar-refractivity contribution < 1.29 is 9.47 Å². The second kappa shape index (κ2) is 11.4. The summed E-state index contributed by atoms with van der Waals surface area (Å²) in [5, 5.41) is 0. The van der Waals surface area contributed by atoms with Crippen LogP contribution in [0.5, 0.6) is 5.75 Å². The third-order valence-electron chi connectivity index (χ3n) is 8.35. The normalized spacial score (nSPS) is 18.2. The van der Waals surface area contributed by atoms with Crippen LogP contribution >= 0.6 is 0 Å². The zero-order chi connectivity index (χ0) is 27.5. The first-order valence-corrected chi connectivity index (χ1v) is 13.9. The quantitative estimate of drug-likeness (QED) is 0.265. The molecule has 8 heteroatoms. The van der Waals surface area contributed by atoms with E-state index >= 15 is 0 Å². The van der Waals surface area contributed by atoms with Crippen molar-refractivity contribution in [3.63, 3.8) is 0 Å². The van der Waals surface area contributed by atoms with Crippen molar-refractivity contribution in [1.29, 1.82) is 0 Å². The standard InChI is InChI=1S/C31H40N6O2/c1-6-39-21-31(15-16-36(20-31)30(3,4)25-10-7-23(2)33-17-25)14-13-28-35-29-27(18-32-22-34-29)37(28)19-24-8-11-26(38-5)12-9-24/h7-12,17-18,22H,6,13-16,19-21H2,1-5H3/t31-/m0/s1. The molecule has 1 aliphatic heterocycles. The SMILES string of the molecule is CCOC[C@@]1(CCc2nc3ncncc3n2Cc2ccc(OC)cc2)CCN(C(C)(C)c2ccc(C)nc2)C1. The van der Waals surface area contributed by atoms with Crippen LogP contribution in [0.3, 0.4) is 0 Å². The second-order valence-electron chi connectivity index (χ2n) is 11.2. The molecule has 1 atom stereocenters. The molecule has 1 fully saturated rings. The summed E-state index contributed by atoms with van der Waals surface area (Å²) in [7, 11) is 1.69. The smallest absolute Gasteiger partial charge is 0.181 e. The Hall–Kier alpha value is -3.36. The predicted molar refractivity (Wildman–Crippen MR) is 153 cm³/mol. The van der Waals surface area contributed by atoms with E-state index in [4.69, 9.17) is 14.5 Å².